The zero-order chi connectivity index (χ0) is 26.8. The molecule has 2 aromatic carbocycles. The topological polar surface area (TPSA) is 93.2 Å². The molecule has 0 radical (unpaired) electrons. The fraction of sp³-hybridized carbons (Fsp3) is 0.296. The molecule has 0 aliphatic carbocycles. The number of rotatable bonds is 12. The van der Waals surface area contributed by atoms with Crippen LogP contribution in [0.25, 0.3) is 0 Å². The van der Waals surface area contributed by atoms with Crippen LogP contribution < -0.4 is 18.9 Å². The molecule has 2 atom stereocenters. The first-order valence-corrected chi connectivity index (χ1v) is 12.0. The fourth-order valence-corrected chi connectivity index (χ4v) is 3.04. The zero-order valence-electron chi connectivity index (χ0n) is 20.6. The second-order valence-corrected chi connectivity index (χ2v) is 8.38. The van der Waals surface area contributed by atoms with Crippen molar-refractivity contribution in [2.24, 2.45) is 0 Å². The summed E-state index contributed by atoms with van der Waals surface area (Å²) in [5.74, 6) is -0.548. The number of esters is 2. The van der Waals surface area contributed by atoms with Crippen LogP contribution in [0.1, 0.15) is 33.6 Å². The van der Waals surface area contributed by atoms with Crippen molar-refractivity contribution in [3.8, 4) is 28.9 Å². The SMILES string of the molecule is CCCCOC(=O)[C@@H](C)Oc1ccc(OC(=O)[C@@H](C)Oc2ccc(Oc3ncc(Cl)cc3F)cc2)cc1. The number of benzene rings is 2. The lowest BCUT2D eigenvalue weighted by Crippen LogP contribution is -2.28. The summed E-state index contributed by atoms with van der Waals surface area (Å²) < 4.78 is 40.9. The van der Waals surface area contributed by atoms with Gasteiger partial charge in [0, 0.05) is 6.20 Å². The van der Waals surface area contributed by atoms with Crippen molar-refractivity contribution in [2.75, 3.05) is 6.61 Å². The average molecular weight is 532 g/mol. The molecule has 0 spiro atoms. The van der Waals surface area contributed by atoms with Gasteiger partial charge >= 0.3 is 11.9 Å². The number of carbonyl (C=O) groups excluding carboxylic acids is 2. The number of nitrogens with zero attached hydrogens (tertiary/aromatic N) is 1. The van der Waals surface area contributed by atoms with Crippen LogP contribution in [0.15, 0.2) is 60.8 Å². The minimum Gasteiger partial charge on any atom is -0.479 e. The van der Waals surface area contributed by atoms with Gasteiger partial charge in [-0.15, -0.1) is 0 Å². The van der Waals surface area contributed by atoms with E-state index in [1.165, 1.54) is 6.20 Å². The molecular formula is C27H27ClFNO7. The molecule has 3 rings (SSSR count). The van der Waals surface area contributed by atoms with E-state index in [0.29, 0.717) is 23.9 Å². The summed E-state index contributed by atoms with van der Waals surface area (Å²) in [5, 5.41) is 0.160. The van der Waals surface area contributed by atoms with E-state index in [0.717, 1.165) is 18.9 Å². The molecule has 0 aliphatic rings. The van der Waals surface area contributed by atoms with Gasteiger partial charge in [-0.05, 0) is 74.9 Å². The average Bonchev–Trinajstić information content (AvgIpc) is 2.88. The Hall–Kier alpha value is -3.85. The highest BCUT2D eigenvalue weighted by Crippen LogP contribution is 2.26. The molecule has 0 N–H and O–H groups in total. The Kier molecular flexibility index (Phi) is 10.1. The maximum atomic E-state index is 13.8. The van der Waals surface area contributed by atoms with Gasteiger partial charge in [-0.1, -0.05) is 24.9 Å². The highest BCUT2D eigenvalue weighted by molar-refractivity contribution is 6.30. The van der Waals surface area contributed by atoms with Crippen molar-refractivity contribution in [3.63, 3.8) is 0 Å². The van der Waals surface area contributed by atoms with Crippen LogP contribution in [0.5, 0.6) is 28.9 Å². The van der Waals surface area contributed by atoms with Gasteiger partial charge < -0.3 is 23.7 Å². The third-order valence-corrected chi connectivity index (χ3v) is 5.09. The Balaban J connectivity index is 1.48. The fourth-order valence-electron chi connectivity index (χ4n) is 2.90. The summed E-state index contributed by atoms with van der Waals surface area (Å²) in [6.45, 7) is 5.52. The molecule has 10 heteroatoms. The molecule has 0 amide bonds. The number of unbranched alkanes of at least 4 members (excludes halogenated alkanes) is 1. The molecule has 196 valence electrons. The monoisotopic (exact) mass is 531 g/mol. The molecule has 0 saturated heterocycles. The number of aromatic nitrogens is 1. The Bertz CT molecular complexity index is 1190. The van der Waals surface area contributed by atoms with Gasteiger partial charge in [-0.25, -0.2) is 19.0 Å². The van der Waals surface area contributed by atoms with E-state index in [1.54, 1.807) is 62.4 Å². The Morgan fingerprint density at radius 1 is 0.892 bits per heavy atom. The Morgan fingerprint density at radius 2 is 1.43 bits per heavy atom. The first-order chi connectivity index (χ1) is 17.7. The summed E-state index contributed by atoms with van der Waals surface area (Å²) in [6.07, 6.45) is 1.31. The smallest absolute Gasteiger partial charge is 0.352 e. The predicted octanol–water partition coefficient (Wildman–Crippen LogP) is 6.15. The normalized spacial score (nSPS) is 12.2. The summed E-state index contributed by atoms with van der Waals surface area (Å²) in [6, 6.07) is 13.6. The highest BCUT2D eigenvalue weighted by Gasteiger charge is 2.19. The largest absolute Gasteiger partial charge is 0.479 e. The first-order valence-electron chi connectivity index (χ1n) is 11.7. The van der Waals surface area contributed by atoms with Crippen molar-refractivity contribution < 1.29 is 37.7 Å². The maximum Gasteiger partial charge on any atom is 0.352 e. The number of hydrogen-bond donors (Lipinski definition) is 0. The van der Waals surface area contributed by atoms with E-state index in [4.69, 9.17) is 35.3 Å². The van der Waals surface area contributed by atoms with Crippen LogP contribution in [0.3, 0.4) is 0 Å². The lowest BCUT2D eigenvalue weighted by atomic mass is 10.3. The van der Waals surface area contributed by atoms with Crippen molar-refractivity contribution in [1.29, 1.82) is 0 Å². The van der Waals surface area contributed by atoms with Gasteiger partial charge in [-0.2, -0.15) is 0 Å². The van der Waals surface area contributed by atoms with Crippen molar-refractivity contribution in [3.05, 3.63) is 71.6 Å². The number of hydrogen-bond acceptors (Lipinski definition) is 8. The van der Waals surface area contributed by atoms with Crippen LogP contribution in [0.4, 0.5) is 4.39 Å². The van der Waals surface area contributed by atoms with Crippen LogP contribution >= 0.6 is 11.6 Å². The number of halogens is 2. The highest BCUT2D eigenvalue weighted by atomic mass is 35.5. The molecule has 1 heterocycles. The molecular weight excluding hydrogens is 505 g/mol. The number of carbonyl (C=O) groups is 2. The molecule has 0 bridgehead atoms. The van der Waals surface area contributed by atoms with Crippen LogP contribution in [-0.2, 0) is 14.3 Å². The molecule has 0 saturated carbocycles. The van der Waals surface area contributed by atoms with Crippen molar-refractivity contribution >= 4 is 23.5 Å². The van der Waals surface area contributed by atoms with Crippen LogP contribution in [-0.4, -0.2) is 35.7 Å². The lowest BCUT2D eigenvalue weighted by molar-refractivity contribution is -0.151. The van der Waals surface area contributed by atoms with E-state index >= 15 is 0 Å². The molecule has 0 fully saturated rings. The second kappa shape index (κ2) is 13.5. The van der Waals surface area contributed by atoms with Gasteiger partial charge in [0.2, 0.25) is 0 Å². The number of pyridine rings is 1. The molecule has 37 heavy (non-hydrogen) atoms. The van der Waals surface area contributed by atoms with Gasteiger partial charge in [0.1, 0.15) is 23.0 Å². The van der Waals surface area contributed by atoms with Gasteiger partial charge in [0.15, 0.2) is 18.0 Å². The quantitative estimate of drug-likeness (QED) is 0.156. The molecule has 3 aromatic rings. The summed E-state index contributed by atoms with van der Waals surface area (Å²) in [7, 11) is 0. The minimum absolute atomic E-state index is 0.160. The van der Waals surface area contributed by atoms with Gasteiger partial charge in [0.05, 0.1) is 11.6 Å². The zero-order valence-corrected chi connectivity index (χ0v) is 21.4. The summed E-state index contributed by atoms with van der Waals surface area (Å²) in [4.78, 5) is 28.2. The molecule has 8 nitrogen and oxygen atoms in total. The van der Waals surface area contributed by atoms with Crippen LogP contribution in [0.2, 0.25) is 5.02 Å². The van der Waals surface area contributed by atoms with E-state index in [1.807, 2.05) is 6.92 Å². The molecule has 0 unspecified atom stereocenters. The van der Waals surface area contributed by atoms with E-state index in [2.05, 4.69) is 4.98 Å². The standard InChI is InChI=1S/C27H27ClFNO7/c1-4-5-14-33-26(31)17(2)34-20-8-12-23(13-9-20)37-27(32)18(3)35-21-6-10-22(11-7-21)36-25-24(29)15-19(28)16-30-25/h6-13,15-18H,4-5,14H2,1-3H3/t17-,18-/m1/s1. The number of ether oxygens (including phenoxy) is 5. The molecule has 1 aromatic heterocycles. The Morgan fingerprint density at radius 3 is 2.00 bits per heavy atom. The maximum absolute atomic E-state index is 13.8. The lowest BCUT2D eigenvalue weighted by Gasteiger charge is -2.15. The van der Waals surface area contributed by atoms with Gasteiger partial charge in [0.25, 0.3) is 5.88 Å². The van der Waals surface area contributed by atoms with E-state index in [-0.39, 0.29) is 16.7 Å². The Labute approximate surface area is 219 Å². The predicted molar refractivity (Wildman–Crippen MR) is 134 cm³/mol. The summed E-state index contributed by atoms with van der Waals surface area (Å²) in [5.41, 5.74) is 0. The van der Waals surface area contributed by atoms with E-state index < -0.39 is 30.0 Å². The van der Waals surface area contributed by atoms with Crippen LogP contribution in [0, 0.1) is 5.82 Å². The molecule has 0 aliphatic heterocycles. The van der Waals surface area contributed by atoms with Crippen molar-refractivity contribution in [2.45, 2.75) is 45.8 Å². The third kappa shape index (κ3) is 8.64. The second-order valence-electron chi connectivity index (χ2n) is 7.95. The van der Waals surface area contributed by atoms with E-state index in [9.17, 15) is 14.0 Å². The van der Waals surface area contributed by atoms with Gasteiger partial charge in [-0.3, -0.25) is 0 Å². The minimum atomic E-state index is -0.920. The summed E-state index contributed by atoms with van der Waals surface area (Å²) >= 11 is 5.69. The third-order valence-electron chi connectivity index (χ3n) is 4.89. The van der Waals surface area contributed by atoms with Crippen molar-refractivity contribution in [1.82, 2.24) is 4.98 Å². The first kappa shape index (κ1) is 27.7.